The summed E-state index contributed by atoms with van der Waals surface area (Å²) in [6.45, 7) is 0.983. The summed E-state index contributed by atoms with van der Waals surface area (Å²) in [5.74, 6) is 1.51. The maximum absolute atomic E-state index is 12.9. The molecule has 0 saturated carbocycles. The highest BCUT2D eigenvalue weighted by molar-refractivity contribution is 7.99. The monoisotopic (exact) mass is 378 g/mol. The standard InChI is InChI=1S/C17H18N2O4S2/c20-25(21,12-14-13-4-1-2-5-15(13)23-18-14)19-8-7-17(24-11-9-19)16-6-3-10-22-16/h1-6,10,17H,7-9,11-12H2. The van der Waals surface area contributed by atoms with Gasteiger partial charge in [-0.15, -0.1) is 11.8 Å². The van der Waals surface area contributed by atoms with Crippen LogP contribution in [0.15, 0.2) is 51.6 Å². The summed E-state index contributed by atoms with van der Waals surface area (Å²) < 4.78 is 38.0. The second-order valence-electron chi connectivity index (χ2n) is 5.94. The predicted molar refractivity (Wildman–Crippen MR) is 96.7 cm³/mol. The summed E-state index contributed by atoms with van der Waals surface area (Å²) in [5, 5.41) is 4.90. The molecule has 1 aliphatic rings. The molecule has 8 heteroatoms. The fraction of sp³-hybridized carbons (Fsp3) is 0.353. The van der Waals surface area contributed by atoms with Crippen LogP contribution in [-0.4, -0.2) is 36.7 Å². The van der Waals surface area contributed by atoms with Crippen LogP contribution in [-0.2, 0) is 15.8 Å². The van der Waals surface area contributed by atoms with Gasteiger partial charge in [0, 0.05) is 24.2 Å². The molecular weight excluding hydrogens is 360 g/mol. The molecule has 3 aromatic rings. The molecule has 132 valence electrons. The minimum absolute atomic E-state index is 0.139. The number of fused-ring (bicyclic) bond motifs is 1. The zero-order chi connectivity index (χ0) is 17.3. The number of furan rings is 1. The van der Waals surface area contributed by atoms with Crippen molar-refractivity contribution in [3.8, 4) is 0 Å². The molecule has 1 saturated heterocycles. The number of sulfonamides is 1. The van der Waals surface area contributed by atoms with E-state index in [-0.39, 0.29) is 11.0 Å². The maximum Gasteiger partial charge on any atom is 0.220 e. The quantitative estimate of drug-likeness (QED) is 0.692. The van der Waals surface area contributed by atoms with Gasteiger partial charge in [0.25, 0.3) is 0 Å². The minimum Gasteiger partial charge on any atom is -0.468 e. The Morgan fingerprint density at radius 1 is 1.20 bits per heavy atom. The highest BCUT2D eigenvalue weighted by Crippen LogP contribution is 2.35. The molecule has 0 N–H and O–H groups in total. The maximum atomic E-state index is 12.9. The Kier molecular flexibility index (Phi) is 4.58. The van der Waals surface area contributed by atoms with E-state index in [4.69, 9.17) is 8.94 Å². The summed E-state index contributed by atoms with van der Waals surface area (Å²) in [6, 6.07) is 11.1. The van der Waals surface area contributed by atoms with Crippen LogP contribution in [0, 0.1) is 0 Å². The minimum atomic E-state index is -3.45. The Bertz CT molecular complexity index is 950. The summed E-state index contributed by atoms with van der Waals surface area (Å²) in [5.41, 5.74) is 1.08. The highest BCUT2D eigenvalue weighted by atomic mass is 32.2. The SMILES string of the molecule is O=S(=O)(Cc1noc2ccccc12)N1CCSC(c2ccco2)CC1. The molecule has 1 aromatic carbocycles. The Hall–Kier alpha value is -1.77. The van der Waals surface area contributed by atoms with Crippen LogP contribution < -0.4 is 0 Å². The van der Waals surface area contributed by atoms with Crippen LogP contribution in [0.2, 0.25) is 0 Å². The normalized spacial score (nSPS) is 19.9. The molecule has 1 atom stereocenters. The molecule has 0 aliphatic carbocycles. The first kappa shape index (κ1) is 16.7. The molecule has 4 rings (SSSR count). The fourth-order valence-electron chi connectivity index (χ4n) is 3.04. The van der Waals surface area contributed by atoms with Crippen molar-refractivity contribution in [2.75, 3.05) is 18.8 Å². The first-order valence-corrected chi connectivity index (χ1v) is 10.8. The van der Waals surface area contributed by atoms with Gasteiger partial charge in [-0.2, -0.15) is 0 Å². The summed E-state index contributed by atoms with van der Waals surface area (Å²) in [4.78, 5) is 0. The number of rotatable bonds is 4. The molecule has 2 aromatic heterocycles. The Labute approximate surface area is 150 Å². The largest absolute Gasteiger partial charge is 0.468 e. The molecule has 25 heavy (non-hydrogen) atoms. The highest BCUT2D eigenvalue weighted by Gasteiger charge is 2.29. The molecule has 1 aliphatic heterocycles. The van der Waals surface area contributed by atoms with Gasteiger partial charge < -0.3 is 8.94 Å². The van der Waals surface area contributed by atoms with Gasteiger partial charge in [0.2, 0.25) is 10.0 Å². The van der Waals surface area contributed by atoms with Crippen molar-refractivity contribution in [1.82, 2.24) is 9.46 Å². The fourth-order valence-corrected chi connectivity index (χ4v) is 5.82. The summed E-state index contributed by atoms with van der Waals surface area (Å²) in [7, 11) is -3.45. The van der Waals surface area contributed by atoms with E-state index in [0.717, 1.165) is 23.3 Å². The molecule has 1 unspecified atom stereocenters. The Morgan fingerprint density at radius 2 is 2.08 bits per heavy atom. The topological polar surface area (TPSA) is 76.6 Å². The first-order chi connectivity index (χ1) is 12.1. The van der Waals surface area contributed by atoms with Gasteiger partial charge in [-0.25, -0.2) is 12.7 Å². The van der Waals surface area contributed by atoms with E-state index in [2.05, 4.69) is 5.16 Å². The van der Waals surface area contributed by atoms with Crippen molar-refractivity contribution >= 4 is 32.8 Å². The van der Waals surface area contributed by atoms with Crippen molar-refractivity contribution in [1.29, 1.82) is 0 Å². The van der Waals surface area contributed by atoms with Gasteiger partial charge in [0.15, 0.2) is 5.58 Å². The molecule has 0 radical (unpaired) electrons. The zero-order valence-electron chi connectivity index (χ0n) is 13.5. The molecule has 3 heterocycles. The molecule has 6 nitrogen and oxygen atoms in total. The van der Waals surface area contributed by atoms with Crippen LogP contribution >= 0.6 is 11.8 Å². The van der Waals surface area contributed by atoms with Crippen molar-refractivity contribution in [2.24, 2.45) is 0 Å². The van der Waals surface area contributed by atoms with Crippen LogP contribution in [0.4, 0.5) is 0 Å². The zero-order valence-corrected chi connectivity index (χ0v) is 15.1. The van der Waals surface area contributed by atoms with E-state index in [1.54, 1.807) is 28.4 Å². The molecule has 0 spiro atoms. The van der Waals surface area contributed by atoms with Gasteiger partial charge in [-0.3, -0.25) is 0 Å². The second kappa shape index (κ2) is 6.86. The Morgan fingerprint density at radius 3 is 2.92 bits per heavy atom. The van der Waals surface area contributed by atoms with E-state index in [1.807, 2.05) is 30.3 Å². The van der Waals surface area contributed by atoms with Crippen LogP contribution in [0.3, 0.4) is 0 Å². The number of benzene rings is 1. The lowest BCUT2D eigenvalue weighted by Crippen LogP contribution is -2.34. The number of hydrogen-bond donors (Lipinski definition) is 0. The van der Waals surface area contributed by atoms with Crippen molar-refractivity contribution in [2.45, 2.75) is 17.4 Å². The summed E-state index contributed by atoms with van der Waals surface area (Å²) in [6.07, 6.45) is 2.39. The number of nitrogens with zero attached hydrogens (tertiary/aromatic N) is 2. The van der Waals surface area contributed by atoms with E-state index in [1.165, 1.54) is 0 Å². The van der Waals surface area contributed by atoms with E-state index in [9.17, 15) is 8.42 Å². The van der Waals surface area contributed by atoms with Gasteiger partial charge in [-0.1, -0.05) is 17.3 Å². The first-order valence-electron chi connectivity index (χ1n) is 8.09. The lowest BCUT2D eigenvalue weighted by Gasteiger charge is -2.19. The van der Waals surface area contributed by atoms with E-state index >= 15 is 0 Å². The Balaban J connectivity index is 1.50. The van der Waals surface area contributed by atoms with Gasteiger partial charge in [0.05, 0.1) is 11.5 Å². The number of aromatic nitrogens is 1. The van der Waals surface area contributed by atoms with E-state index < -0.39 is 10.0 Å². The third kappa shape index (κ3) is 3.47. The van der Waals surface area contributed by atoms with Crippen molar-refractivity contribution in [3.63, 3.8) is 0 Å². The number of hydrogen-bond acceptors (Lipinski definition) is 6. The average molecular weight is 378 g/mol. The van der Waals surface area contributed by atoms with E-state index in [0.29, 0.717) is 24.4 Å². The van der Waals surface area contributed by atoms with Crippen LogP contribution in [0.5, 0.6) is 0 Å². The van der Waals surface area contributed by atoms with Gasteiger partial charge in [-0.05, 0) is 30.7 Å². The molecule has 0 bridgehead atoms. The van der Waals surface area contributed by atoms with Gasteiger partial charge in [0.1, 0.15) is 17.2 Å². The van der Waals surface area contributed by atoms with Crippen LogP contribution in [0.25, 0.3) is 11.0 Å². The smallest absolute Gasteiger partial charge is 0.220 e. The molecular formula is C17H18N2O4S2. The van der Waals surface area contributed by atoms with Crippen molar-refractivity contribution < 1.29 is 17.4 Å². The third-order valence-electron chi connectivity index (χ3n) is 4.33. The molecule has 1 fully saturated rings. The van der Waals surface area contributed by atoms with Gasteiger partial charge >= 0.3 is 0 Å². The van der Waals surface area contributed by atoms with Crippen LogP contribution in [0.1, 0.15) is 23.1 Å². The predicted octanol–water partition coefficient (Wildman–Crippen LogP) is 3.43. The average Bonchev–Trinajstić information content (AvgIpc) is 3.20. The summed E-state index contributed by atoms with van der Waals surface area (Å²) >= 11 is 1.74. The number of thioether (sulfide) groups is 1. The third-order valence-corrected chi connectivity index (χ3v) is 7.40. The second-order valence-corrected chi connectivity index (χ2v) is 9.22. The number of para-hydroxylation sites is 1. The van der Waals surface area contributed by atoms with Crippen molar-refractivity contribution in [3.05, 3.63) is 54.1 Å². The lowest BCUT2D eigenvalue weighted by atomic mass is 10.2. The lowest BCUT2D eigenvalue weighted by molar-refractivity contribution is 0.413. The molecule has 0 amide bonds.